The van der Waals surface area contributed by atoms with Crippen molar-refractivity contribution < 1.29 is 9.47 Å². The van der Waals surface area contributed by atoms with Crippen LogP contribution in [0.25, 0.3) is 0 Å². The van der Waals surface area contributed by atoms with Crippen molar-refractivity contribution in [2.45, 2.75) is 38.7 Å². The summed E-state index contributed by atoms with van der Waals surface area (Å²) in [6, 6.07) is 0. The summed E-state index contributed by atoms with van der Waals surface area (Å²) in [4.78, 5) is 8.82. The summed E-state index contributed by atoms with van der Waals surface area (Å²) < 4.78 is 11.3. The SMILES string of the molecule is CCOC1(c2nc(Cl)c(CC)c(Cl)n2)CCOCC1. The van der Waals surface area contributed by atoms with Gasteiger partial charge in [0.1, 0.15) is 15.9 Å². The van der Waals surface area contributed by atoms with Gasteiger partial charge in [0.15, 0.2) is 5.82 Å². The lowest BCUT2D eigenvalue weighted by atomic mass is 9.93. The third-order valence-electron chi connectivity index (χ3n) is 3.39. The van der Waals surface area contributed by atoms with Gasteiger partial charge in [0.05, 0.1) is 0 Å². The Morgan fingerprint density at radius 3 is 2.21 bits per heavy atom. The lowest BCUT2D eigenvalue weighted by Crippen LogP contribution is -2.38. The third-order valence-corrected chi connectivity index (χ3v) is 4.01. The van der Waals surface area contributed by atoms with E-state index in [0.717, 1.165) is 18.4 Å². The molecule has 1 aromatic heterocycles. The maximum atomic E-state index is 6.19. The molecular weight excluding hydrogens is 287 g/mol. The van der Waals surface area contributed by atoms with Crippen LogP contribution >= 0.6 is 23.2 Å². The Morgan fingerprint density at radius 2 is 1.74 bits per heavy atom. The summed E-state index contributed by atoms with van der Waals surface area (Å²) in [6.07, 6.45) is 2.15. The number of aromatic nitrogens is 2. The Labute approximate surface area is 123 Å². The van der Waals surface area contributed by atoms with E-state index < -0.39 is 5.60 Å². The molecule has 19 heavy (non-hydrogen) atoms. The van der Waals surface area contributed by atoms with Crippen LogP contribution < -0.4 is 0 Å². The molecule has 1 aliphatic rings. The molecule has 106 valence electrons. The highest BCUT2D eigenvalue weighted by atomic mass is 35.5. The van der Waals surface area contributed by atoms with Crippen LogP contribution in [0.15, 0.2) is 0 Å². The molecule has 0 N–H and O–H groups in total. The van der Waals surface area contributed by atoms with Gasteiger partial charge in [-0.1, -0.05) is 30.1 Å². The van der Waals surface area contributed by atoms with Gasteiger partial charge in [0.2, 0.25) is 0 Å². The number of hydrogen-bond acceptors (Lipinski definition) is 4. The lowest BCUT2D eigenvalue weighted by molar-refractivity contribution is -0.117. The second-order valence-corrected chi connectivity index (χ2v) is 5.22. The molecule has 0 atom stereocenters. The number of ether oxygens (including phenoxy) is 2. The molecule has 0 spiro atoms. The molecule has 1 saturated heterocycles. The summed E-state index contributed by atoms with van der Waals surface area (Å²) in [5.74, 6) is 0.574. The van der Waals surface area contributed by atoms with Crippen LogP contribution in [0.4, 0.5) is 0 Å². The molecule has 0 aromatic carbocycles. The van der Waals surface area contributed by atoms with Crippen molar-refractivity contribution in [2.75, 3.05) is 19.8 Å². The van der Waals surface area contributed by atoms with E-state index in [0.29, 0.717) is 42.4 Å². The normalized spacial score (nSPS) is 18.5. The Balaban J connectivity index is 2.42. The zero-order valence-electron chi connectivity index (χ0n) is 11.2. The number of hydrogen-bond donors (Lipinski definition) is 0. The monoisotopic (exact) mass is 304 g/mol. The van der Waals surface area contributed by atoms with Crippen molar-refractivity contribution in [3.63, 3.8) is 0 Å². The van der Waals surface area contributed by atoms with E-state index >= 15 is 0 Å². The predicted octanol–water partition coefficient (Wildman–Crippen LogP) is 3.39. The van der Waals surface area contributed by atoms with Crippen molar-refractivity contribution in [3.8, 4) is 0 Å². The molecule has 1 aromatic rings. The first-order valence-electron chi connectivity index (χ1n) is 6.57. The summed E-state index contributed by atoms with van der Waals surface area (Å²) in [7, 11) is 0. The van der Waals surface area contributed by atoms with Crippen LogP contribution in [0.1, 0.15) is 38.1 Å². The summed E-state index contributed by atoms with van der Waals surface area (Å²) >= 11 is 12.4. The molecule has 1 aliphatic heterocycles. The van der Waals surface area contributed by atoms with Gasteiger partial charge < -0.3 is 9.47 Å². The second kappa shape index (κ2) is 6.35. The average molecular weight is 305 g/mol. The van der Waals surface area contributed by atoms with Gasteiger partial charge in [0, 0.05) is 38.2 Å². The number of rotatable bonds is 4. The lowest BCUT2D eigenvalue weighted by Gasteiger charge is -2.35. The molecule has 1 fully saturated rings. The minimum absolute atomic E-state index is 0.420. The van der Waals surface area contributed by atoms with Crippen LogP contribution in [0.2, 0.25) is 10.3 Å². The van der Waals surface area contributed by atoms with E-state index in [2.05, 4.69) is 9.97 Å². The van der Waals surface area contributed by atoms with Crippen LogP contribution in [-0.2, 0) is 21.5 Å². The highest BCUT2D eigenvalue weighted by Crippen LogP contribution is 2.36. The molecule has 0 unspecified atom stereocenters. The number of halogens is 2. The van der Waals surface area contributed by atoms with Gasteiger partial charge in [0.25, 0.3) is 0 Å². The fraction of sp³-hybridized carbons (Fsp3) is 0.692. The standard InChI is InChI=1S/C13H18Cl2N2O2/c1-3-9-10(14)16-12(17-11(9)15)13(19-4-2)5-7-18-8-6-13/h3-8H2,1-2H3. The summed E-state index contributed by atoms with van der Waals surface area (Å²) in [5.41, 5.74) is 0.262. The van der Waals surface area contributed by atoms with E-state index in [4.69, 9.17) is 32.7 Å². The van der Waals surface area contributed by atoms with E-state index in [-0.39, 0.29) is 0 Å². The molecule has 4 nitrogen and oxygen atoms in total. The Bertz CT molecular complexity index is 420. The molecule has 6 heteroatoms. The fourth-order valence-corrected chi connectivity index (χ4v) is 2.99. The summed E-state index contributed by atoms with van der Waals surface area (Å²) in [5, 5.41) is 0.839. The Hall–Kier alpha value is -0.420. The third kappa shape index (κ3) is 3.02. The molecule has 0 amide bonds. The van der Waals surface area contributed by atoms with E-state index in [1.807, 2.05) is 13.8 Å². The Kier molecular flexibility index (Phi) is 5.01. The smallest absolute Gasteiger partial charge is 0.163 e. The zero-order valence-corrected chi connectivity index (χ0v) is 12.7. The topological polar surface area (TPSA) is 44.2 Å². The summed E-state index contributed by atoms with van der Waals surface area (Å²) in [6.45, 7) is 5.79. The fourth-order valence-electron chi connectivity index (χ4n) is 2.34. The van der Waals surface area contributed by atoms with Crippen molar-refractivity contribution in [1.82, 2.24) is 9.97 Å². The van der Waals surface area contributed by atoms with E-state index in [1.54, 1.807) is 0 Å². The molecular formula is C13H18Cl2N2O2. The minimum Gasteiger partial charge on any atom is -0.381 e. The van der Waals surface area contributed by atoms with Gasteiger partial charge in [-0.25, -0.2) is 9.97 Å². The van der Waals surface area contributed by atoms with Crippen LogP contribution in [0.3, 0.4) is 0 Å². The van der Waals surface area contributed by atoms with E-state index in [9.17, 15) is 0 Å². The van der Waals surface area contributed by atoms with Gasteiger partial charge in [-0.2, -0.15) is 0 Å². The van der Waals surface area contributed by atoms with Crippen molar-refractivity contribution in [1.29, 1.82) is 0 Å². The molecule has 0 radical (unpaired) electrons. The molecule has 0 bridgehead atoms. The van der Waals surface area contributed by atoms with Gasteiger partial charge >= 0.3 is 0 Å². The van der Waals surface area contributed by atoms with Gasteiger partial charge in [-0.15, -0.1) is 0 Å². The van der Waals surface area contributed by atoms with Crippen LogP contribution in [-0.4, -0.2) is 29.8 Å². The molecule has 2 rings (SSSR count). The maximum absolute atomic E-state index is 6.19. The van der Waals surface area contributed by atoms with Gasteiger partial charge in [-0.3, -0.25) is 0 Å². The first kappa shape index (κ1) is 15.0. The van der Waals surface area contributed by atoms with Crippen molar-refractivity contribution >= 4 is 23.2 Å². The van der Waals surface area contributed by atoms with Crippen molar-refractivity contribution in [2.24, 2.45) is 0 Å². The largest absolute Gasteiger partial charge is 0.381 e. The Morgan fingerprint density at radius 1 is 1.16 bits per heavy atom. The highest BCUT2D eigenvalue weighted by Gasteiger charge is 2.38. The molecule has 0 aliphatic carbocycles. The second-order valence-electron chi connectivity index (χ2n) is 4.50. The quantitative estimate of drug-likeness (QED) is 0.800. The van der Waals surface area contributed by atoms with Gasteiger partial charge in [-0.05, 0) is 13.3 Å². The maximum Gasteiger partial charge on any atom is 0.163 e. The van der Waals surface area contributed by atoms with Crippen LogP contribution in [0.5, 0.6) is 0 Å². The number of nitrogens with zero attached hydrogens (tertiary/aromatic N) is 2. The minimum atomic E-state index is -0.521. The zero-order chi connectivity index (χ0) is 13.9. The first-order valence-corrected chi connectivity index (χ1v) is 7.32. The van der Waals surface area contributed by atoms with Crippen molar-refractivity contribution in [3.05, 3.63) is 21.7 Å². The molecule has 0 saturated carbocycles. The predicted molar refractivity (Wildman–Crippen MR) is 74.8 cm³/mol. The molecule has 2 heterocycles. The first-order chi connectivity index (χ1) is 9.13. The van der Waals surface area contributed by atoms with E-state index in [1.165, 1.54) is 0 Å². The average Bonchev–Trinajstić information content (AvgIpc) is 2.40. The highest BCUT2D eigenvalue weighted by molar-refractivity contribution is 6.34. The van der Waals surface area contributed by atoms with Crippen LogP contribution in [0, 0.1) is 0 Å².